The van der Waals surface area contributed by atoms with Gasteiger partial charge in [-0.1, -0.05) is 13.8 Å². The van der Waals surface area contributed by atoms with E-state index in [-0.39, 0.29) is 11.6 Å². The molecule has 0 aliphatic rings. The minimum atomic E-state index is -3.59. The lowest BCUT2D eigenvalue weighted by atomic mass is 10.1. The monoisotopic (exact) mass is 304 g/mol. The van der Waals surface area contributed by atoms with Crippen LogP contribution >= 0.6 is 0 Å². The van der Waals surface area contributed by atoms with E-state index in [4.69, 9.17) is 9.15 Å². The molecule has 0 saturated carbocycles. The standard InChI is InChI=1S/C13H24N2O4S/c1-11(2)6-8-18-9-7-15-20(16,17)13-5-4-12(19-13)10-14-3/h4-5,11,14-15H,6-10H2,1-3H3. The Morgan fingerprint density at radius 1 is 1.30 bits per heavy atom. The highest BCUT2D eigenvalue weighted by molar-refractivity contribution is 7.89. The van der Waals surface area contributed by atoms with Crippen LogP contribution in [0.5, 0.6) is 0 Å². The maximum Gasteiger partial charge on any atom is 0.274 e. The molecule has 0 saturated heterocycles. The van der Waals surface area contributed by atoms with Gasteiger partial charge in [-0.2, -0.15) is 0 Å². The minimum absolute atomic E-state index is 0.0649. The van der Waals surface area contributed by atoms with Gasteiger partial charge in [-0.15, -0.1) is 0 Å². The molecule has 0 bridgehead atoms. The van der Waals surface area contributed by atoms with Crippen molar-refractivity contribution in [3.05, 3.63) is 17.9 Å². The van der Waals surface area contributed by atoms with E-state index in [1.54, 1.807) is 13.1 Å². The number of nitrogens with one attached hydrogen (secondary N) is 2. The number of hydrogen-bond donors (Lipinski definition) is 2. The molecular weight excluding hydrogens is 280 g/mol. The molecule has 7 heteroatoms. The first-order valence-electron chi connectivity index (χ1n) is 6.76. The van der Waals surface area contributed by atoms with E-state index >= 15 is 0 Å². The van der Waals surface area contributed by atoms with Crippen molar-refractivity contribution in [1.82, 2.24) is 10.0 Å². The molecule has 0 amide bonds. The summed E-state index contributed by atoms with van der Waals surface area (Å²) in [4.78, 5) is 0. The van der Waals surface area contributed by atoms with Crippen molar-refractivity contribution in [3.8, 4) is 0 Å². The van der Waals surface area contributed by atoms with Gasteiger partial charge in [-0.05, 0) is 31.5 Å². The highest BCUT2D eigenvalue weighted by Crippen LogP contribution is 2.13. The summed E-state index contributed by atoms with van der Waals surface area (Å²) in [6, 6.07) is 3.10. The molecule has 0 atom stereocenters. The molecule has 1 aromatic heterocycles. The van der Waals surface area contributed by atoms with Crippen molar-refractivity contribution in [2.24, 2.45) is 5.92 Å². The SMILES string of the molecule is CNCc1ccc(S(=O)(=O)NCCOCCC(C)C)o1. The number of sulfonamides is 1. The van der Waals surface area contributed by atoms with Gasteiger partial charge in [0.2, 0.25) is 5.09 Å². The smallest absolute Gasteiger partial charge is 0.274 e. The topological polar surface area (TPSA) is 80.6 Å². The number of hydrogen-bond acceptors (Lipinski definition) is 5. The van der Waals surface area contributed by atoms with Crippen LogP contribution in [0.2, 0.25) is 0 Å². The largest absolute Gasteiger partial charge is 0.447 e. The molecule has 0 unspecified atom stereocenters. The highest BCUT2D eigenvalue weighted by atomic mass is 32.2. The second-order valence-electron chi connectivity index (χ2n) is 4.94. The fraction of sp³-hybridized carbons (Fsp3) is 0.692. The Hall–Kier alpha value is -0.890. The van der Waals surface area contributed by atoms with Gasteiger partial charge in [-0.25, -0.2) is 13.1 Å². The van der Waals surface area contributed by atoms with E-state index in [2.05, 4.69) is 23.9 Å². The van der Waals surface area contributed by atoms with Crippen molar-refractivity contribution in [2.75, 3.05) is 26.8 Å². The lowest BCUT2D eigenvalue weighted by Crippen LogP contribution is -2.27. The lowest BCUT2D eigenvalue weighted by molar-refractivity contribution is 0.128. The summed E-state index contributed by atoms with van der Waals surface area (Å²) in [7, 11) is -1.82. The first-order chi connectivity index (χ1) is 9.45. The van der Waals surface area contributed by atoms with Crippen LogP contribution in [0, 0.1) is 5.92 Å². The van der Waals surface area contributed by atoms with Gasteiger partial charge >= 0.3 is 0 Å². The van der Waals surface area contributed by atoms with Gasteiger partial charge in [0.05, 0.1) is 13.2 Å². The third-order valence-electron chi connectivity index (χ3n) is 2.63. The van der Waals surface area contributed by atoms with Gasteiger partial charge in [0.15, 0.2) is 0 Å². The first kappa shape index (κ1) is 17.2. The lowest BCUT2D eigenvalue weighted by Gasteiger charge is -2.07. The van der Waals surface area contributed by atoms with E-state index < -0.39 is 10.0 Å². The number of ether oxygens (including phenoxy) is 1. The minimum Gasteiger partial charge on any atom is -0.447 e. The van der Waals surface area contributed by atoms with Crippen molar-refractivity contribution >= 4 is 10.0 Å². The third kappa shape index (κ3) is 6.04. The summed E-state index contributed by atoms with van der Waals surface area (Å²) in [5.74, 6) is 1.17. The quantitative estimate of drug-likeness (QED) is 0.638. The predicted octanol–water partition coefficient (Wildman–Crippen LogP) is 1.34. The second kappa shape index (κ2) is 8.41. The van der Waals surface area contributed by atoms with Crippen molar-refractivity contribution < 1.29 is 17.6 Å². The van der Waals surface area contributed by atoms with Gasteiger partial charge in [0, 0.05) is 13.2 Å². The van der Waals surface area contributed by atoms with Crippen LogP contribution in [0.3, 0.4) is 0 Å². The molecule has 0 aliphatic carbocycles. The normalized spacial score (nSPS) is 12.2. The molecule has 1 aromatic rings. The molecule has 6 nitrogen and oxygen atoms in total. The van der Waals surface area contributed by atoms with Gasteiger partial charge in [-0.3, -0.25) is 0 Å². The van der Waals surface area contributed by atoms with Crippen molar-refractivity contribution in [3.63, 3.8) is 0 Å². The van der Waals surface area contributed by atoms with E-state index in [1.165, 1.54) is 6.07 Å². The molecule has 0 radical (unpaired) electrons. The summed E-state index contributed by atoms with van der Waals surface area (Å²) in [6.45, 7) is 5.97. The maximum atomic E-state index is 11.9. The van der Waals surface area contributed by atoms with E-state index in [0.29, 0.717) is 31.4 Å². The van der Waals surface area contributed by atoms with Gasteiger partial charge in [0.25, 0.3) is 10.0 Å². The Morgan fingerprint density at radius 3 is 2.70 bits per heavy atom. The average molecular weight is 304 g/mol. The first-order valence-corrected chi connectivity index (χ1v) is 8.24. The third-order valence-corrected chi connectivity index (χ3v) is 3.96. The fourth-order valence-electron chi connectivity index (χ4n) is 1.51. The number of rotatable bonds is 10. The van der Waals surface area contributed by atoms with Crippen LogP contribution < -0.4 is 10.0 Å². The average Bonchev–Trinajstić information content (AvgIpc) is 2.83. The molecule has 1 heterocycles. The Kier molecular flexibility index (Phi) is 7.22. The summed E-state index contributed by atoms with van der Waals surface area (Å²) >= 11 is 0. The molecule has 0 fully saturated rings. The Bertz CT molecular complexity index is 482. The van der Waals surface area contributed by atoms with Crippen LogP contribution in [0.4, 0.5) is 0 Å². The molecule has 0 aliphatic heterocycles. The Balaban J connectivity index is 2.33. The zero-order chi connectivity index (χ0) is 15.0. The summed E-state index contributed by atoms with van der Waals surface area (Å²) in [6.07, 6.45) is 0.971. The van der Waals surface area contributed by atoms with Gasteiger partial charge in [0.1, 0.15) is 5.76 Å². The van der Waals surface area contributed by atoms with Crippen molar-refractivity contribution in [1.29, 1.82) is 0 Å². The number of furan rings is 1. The molecular formula is C13H24N2O4S. The Labute approximate surface area is 120 Å². The van der Waals surface area contributed by atoms with E-state index in [0.717, 1.165) is 6.42 Å². The van der Waals surface area contributed by atoms with Crippen LogP contribution in [0.15, 0.2) is 21.6 Å². The molecule has 1 rings (SSSR count). The van der Waals surface area contributed by atoms with Gasteiger partial charge < -0.3 is 14.5 Å². The van der Waals surface area contributed by atoms with E-state index in [1.807, 2.05) is 0 Å². The van der Waals surface area contributed by atoms with Crippen LogP contribution in [0.25, 0.3) is 0 Å². The van der Waals surface area contributed by atoms with Crippen molar-refractivity contribution in [2.45, 2.75) is 31.9 Å². The summed E-state index contributed by atoms with van der Waals surface area (Å²) < 4.78 is 36.9. The van der Waals surface area contributed by atoms with Crippen LogP contribution in [-0.4, -0.2) is 35.2 Å². The fourth-order valence-corrected chi connectivity index (χ4v) is 2.47. The van der Waals surface area contributed by atoms with Crippen LogP contribution in [-0.2, 0) is 21.3 Å². The Morgan fingerprint density at radius 2 is 2.05 bits per heavy atom. The molecule has 0 spiro atoms. The highest BCUT2D eigenvalue weighted by Gasteiger charge is 2.17. The molecule has 0 aromatic carbocycles. The summed E-state index contributed by atoms with van der Waals surface area (Å²) in [5.41, 5.74) is 0. The zero-order valence-electron chi connectivity index (χ0n) is 12.3. The predicted molar refractivity (Wildman–Crippen MR) is 76.9 cm³/mol. The zero-order valence-corrected chi connectivity index (χ0v) is 13.1. The van der Waals surface area contributed by atoms with Crippen LogP contribution in [0.1, 0.15) is 26.0 Å². The molecule has 20 heavy (non-hydrogen) atoms. The molecule has 116 valence electrons. The van der Waals surface area contributed by atoms with E-state index in [9.17, 15) is 8.42 Å². The molecule has 2 N–H and O–H groups in total. The maximum absolute atomic E-state index is 11.9. The summed E-state index contributed by atoms with van der Waals surface area (Å²) in [5, 5.41) is 2.83. The second-order valence-corrected chi connectivity index (χ2v) is 6.64.